The SMILES string of the molecule is COc1ccc(-c2n[nH]c(CN)c2C)cc1OC. The molecule has 3 N–H and O–H groups in total. The fourth-order valence-electron chi connectivity index (χ4n) is 1.90. The molecule has 1 aromatic heterocycles. The van der Waals surface area contributed by atoms with Gasteiger partial charge in [0.2, 0.25) is 0 Å². The molecule has 5 nitrogen and oxygen atoms in total. The summed E-state index contributed by atoms with van der Waals surface area (Å²) < 4.78 is 10.5. The lowest BCUT2D eigenvalue weighted by Gasteiger charge is -2.08. The number of nitrogens with zero attached hydrogens (tertiary/aromatic N) is 1. The molecule has 5 heteroatoms. The molecule has 0 aliphatic heterocycles. The van der Waals surface area contributed by atoms with E-state index in [-0.39, 0.29) is 0 Å². The van der Waals surface area contributed by atoms with Crippen molar-refractivity contribution in [1.82, 2.24) is 10.2 Å². The van der Waals surface area contributed by atoms with E-state index in [9.17, 15) is 0 Å². The fourth-order valence-corrected chi connectivity index (χ4v) is 1.90. The van der Waals surface area contributed by atoms with E-state index in [4.69, 9.17) is 15.2 Å². The molecule has 1 heterocycles. The second-order valence-electron chi connectivity index (χ2n) is 3.95. The fraction of sp³-hybridized carbons (Fsp3) is 0.308. The highest BCUT2D eigenvalue weighted by molar-refractivity contribution is 5.67. The van der Waals surface area contributed by atoms with Crippen LogP contribution in [0.1, 0.15) is 11.3 Å². The van der Waals surface area contributed by atoms with Crippen LogP contribution >= 0.6 is 0 Å². The molecule has 0 saturated heterocycles. The summed E-state index contributed by atoms with van der Waals surface area (Å²) in [7, 11) is 3.23. The quantitative estimate of drug-likeness (QED) is 0.865. The van der Waals surface area contributed by atoms with Crippen molar-refractivity contribution in [3.8, 4) is 22.8 Å². The summed E-state index contributed by atoms with van der Waals surface area (Å²) in [6.45, 7) is 2.45. The minimum absolute atomic E-state index is 0.451. The second kappa shape index (κ2) is 5.10. The highest BCUT2D eigenvalue weighted by Gasteiger charge is 2.12. The van der Waals surface area contributed by atoms with Crippen molar-refractivity contribution in [2.75, 3.05) is 14.2 Å². The predicted octanol–water partition coefficient (Wildman–Crippen LogP) is 1.86. The van der Waals surface area contributed by atoms with Crippen LogP contribution in [0.2, 0.25) is 0 Å². The van der Waals surface area contributed by atoms with Gasteiger partial charge in [-0.3, -0.25) is 5.10 Å². The van der Waals surface area contributed by atoms with Gasteiger partial charge in [-0.2, -0.15) is 5.10 Å². The van der Waals surface area contributed by atoms with Gasteiger partial charge in [0.1, 0.15) is 0 Å². The zero-order valence-corrected chi connectivity index (χ0v) is 10.8. The Bertz CT molecular complexity index is 549. The Morgan fingerprint density at radius 1 is 1.22 bits per heavy atom. The zero-order valence-electron chi connectivity index (χ0n) is 10.8. The summed E-state index contributed by atoms with van der Waals surface area (Å²) >= 11 is 0. The highest BCUT2D eigenvalue weighted by Crippen LogP contribution is 2.33. The number of ether oxygens (including phenoxy) is 2. The molecule has 0 spiro atoms. The first-order valence-corrected chi connectivity index (χ1v) is 5.67. The molecule has 0 aliphatic carbocycles. The van der Waals surface area contributed by atoms with Gasteiger partial charge in [0.15, 0.2) is 11.5 Å². The molecule has 0 fully saturated rings. The van der Waals surface area contributed by atoms with E-state index in [0.717, 1.165) is 22.5 Å². The molecular formula is C13H17N3O2. The summed E-state index contributed by atoms with van der Waals surface area (Å²) in [6, 6.07) is 5.72. The molecule has 2 rings (SSSR count). The lowest BCUT2D eigenvalue weighted by atomic mass is 10.1. The predicted molar refractivity (Wildman–Crippen MR) is 69.8 cm³/mol. The normalized spacial score (nSPS) is 10.4. The largest absolute Gasteiger partial charge is 0.493 e. The van der Waals surface area contributed by atoms with E-state index in [1.54, 1.807) is 14.2 Å². The van der Waals surface area contributed by atoms with Crippen molar-refractivity contribution in [2.24, 2.45) is 5.73 Å². The number of rotatable bonds is 4. The van der Waals surface area contributed by atoms with Crippen LogP contribution in [0.25, 0.3) is 11.3 Å². The molecule has 0 bridgehead atoms. The number of aromatic nitrogens is 2. The molecule has 96 valence electrons. The van der Waals surface area contributed by atoms with Crippen molar-refractivity contribution in [2.45, 2.75) is 13.5 Å². The molecule has 18 heavy (non-hydrogen) atoms. The number of aromatic amines is 1. The number of hydrogen-bond donors (Lipinski definition) is 2. The maximum absolute atomic E-state index is 5.63. The molecule has 1 aromatic carbocycles. The molecule has 0 radical (unpaired) electrons. The molecular weight excluding hydrogens is 230 g/mol. The van der Waals surface area contributed by atoms with Gasteiger partial charge in [0.25, 0.3) is 0 Å². The summed E-state index contributed by atoms with van der Waals surface area (Å²) in [5, 5.41) is 7.23. The van der Waals surface area contributed by atoms with E-state index in [1.807, 2.05) is 25.1 Å². The minimum Gasteiger partial charge on any atom is -0.493 e. The summed E-state index contributed by atoms with van der Waals surface area (Å²) in [5.74, 6) is 1.39. The van der Waals surface area contributed by atoms with Crippen LogP contribution in [0, 0.1) is 6.92 Å². The van der Waals surface area contributed by atoms with Crippen LogP contribution in [0.4, 0.5) is 0 Å². The van der Waals surface area contributed by atoms with Gasteiger partial charge in [0, 0.05) is 12.1 Å². The van der Waals surface area contributed by atoms with Crippen molar-refractivity contribution < 1.29 is 9.47 Å². The van der Waals surface area contributed by atoms with Gasteiger partial charge >= 0.3 is 0 Å². The van der Waals surface area contributed by atoms with Crippen LogP contribution < -0.4 is 15.2 Å². The zero-order chi connectivity index (χ0) is 13.1. The smallest absolute Gasteiger partial charge is 0.161 e. The number of benzene rings is 1. The van der Waals surface area contributed by atoms with Crippen molar-refractivity contribution in [1.29, 1.82) is 0 Å². The maximum atomic E-state index is 5.63. The van der Waals surface area contributed by atoms with E-state index in [1.165, 1.54) is 0 Å². The second-order valence-corrected chi connectivity index (χ2v) is 3.95. The minimum atomic E-state index is 0.451. The molecule has 0 saturated carbocycles. The average Bonchev–Trinajstić information content (AvgIpc) is 2.79. The van der Waals surface area contributed by atoms with Gasteiger partial charge in [-0.05, 0) is 30.7 Å². The van der Waals surface area contributed by atoms with Crippen LogP contribution in [-0.4, -0.2) is 24.4 Å². The Hall–Kier alpha value is -2.01. The number of nitrogens with two attached hydrogens (primary N) is 1. The van der Waals surface area contributed by atoms with Crippen LogP contribution in [-0.2, 0) is 6.54 Å². The number of methoxy groups -OCH3 is 2. The van der Waals surface area contributed by atoms with E-state index in [0.29, 0.717) is 18.0 Å². The van der Waals surface area contributed by atoms with Crippen LogP contribution in [0.5, 0.6) is 11.5 Å². The highest BCUT2D eigenvalue weighted by atomic mass is 16.5. The average molecular weight is 247 g/mol. The van der Waals surface area contributed by atoms with E-state index >= 15 is 0 Å². The van der Waals surface area contributed by atoms with Gasteiger partial charge in [-0.1, -0.05) is 0 Å². The van der Waals surface area contributed by atoms with Crippen LogP contribution in [0.3, 0.4) is 0 Å². The van der Waals surface area contributed by atoms with Crippen molar-refractivity contribution in [3.05, 3.63) is 29.5 Å². The third-order valence-corrected chi connectivity index (χ3v) is 2.97. The lowest BCUT2D eigenvalue weighted by Crippen LogP contribution is -1.98. The van der Waals surface area contributed by atoms with Gasteiger partial charge in [0.05, 0.1) is 25.6 Å². The van der Waals surface area contributed by atoms with Gasteiger partial charge in [-0.25, -0.2) is 0 Å². The first-order valence-electron chi connectivity index (χ1n) is 5.67. The monoisotopic (exact) mass is 247 g/mol. The maximum Gasteiger partial charge on any atom is 0.161 e. The van der Waals surface area contributed by atoms with E-state index in [2.05, 4.69) is 10.2 Å². The van der Waals surface area contributed by atoms with E-state index < -0.39 is 0 Å². The first-order chi connectivity index (χ1) is 8.71. The lowest BCUT2D eigenvalue weighted by molar-refractivity contribution is 0.355. The Morgan fingerprint density at radius 2 is 1.94 bits per heavy atom. The van der Waals surface area contributed by atoms with Gasteiger partial charge < -0.3 is 15.2 Å². The molecule has 0 amide bonds. The summed E-state index contributed by atoms with van der Waals surface area (Å²) in [4.78, 5) is 0. The molecule has 2 aromatic rings. The number of nitrogens with one attached hydrogen (secondary N) is 1. The Labute approximate surface area is 106 Å². The van der Waals surface area contributed by atoms with Gasteiger partial charge in [-0.15, -0.1) is 0 Å². The van der Waals surface area contributed by atoms with Crippen molar-refractivity contribution >= 4 is 0 Å². The van der Waals surface area contributed by atoms with Crippen molar-refractivity contribution in [3.63, 3.8) is 0 Å². The third kappa shape index (κ3) is 2.04. The topological polar surface area (TPSA) is 73.2 Å². The summed E-state index contributed by atoms with van der Waals surface area (Å²) in [6.07, 6.45) is 0. The Balaban J connectivity index is 2.47. The van der Waals surface area contributed by atoms with Crippen LogP contribution in [0.15, 0.2) is 18.2 Å². The standard InChI is InChI=1S/C13H17N3O2/c1-8-10(7-14)15-16-13(8)9-4-5-11(17-2)12(6-9)18-3/h4-6H,7,14H2,1-3H3,(H,15,16). The summed E-state index contributed by atoms with van der Waals surface area (Å²) in [5.41, 5.74) is 9.49. The first kappa shape index (κ1) is 12.4. The Morgan fingerprint density at radius 3 is 2.50 bits per heavy atom. The molecule has 0 aliphatic rings. The number of hydrogen-bond acceptors (Lipinski definition) is 4. The third-order valence-electron chi connectivity index (χ3n) is 2.97. The number of H-pyrrole nitrogens is 1. The molecule has 0 atom stereocenters. The molecule has 0 unspecified atom stereocenters. The Kier molecular flexibility index (Phi) is 3.53.